The summed E-state index contributed by atoms with van der Waals surface area (Å²) in [6.45, 7) is 4.79. The predicted octanol–water partition coefficient (Wildman–Crippen LogP) is 5.70. The second-order valence-electron chi connectivity index (χ2n) is 9.21. The molecule has 4 bridgehead atoms. The summed E-state index contributed by atoms with van der Waals surface area (Å²) in [7, 11) is 0. The largest absolute Gasteiger partial charge is 0.393 e. The Balaban J connectivity index is 1.49. The maximum absolute atomic E-state index is 10.9. The molecule has 4 saturated carbocycles. The molecule has 0 spiro atoms. The van der Waals surface area contributed by atoms with Gasteiger partial charge in [0.25, 0.3) is 0 Å². The molecule has 0 saturated heterocycles. The van der Waals surface area contributed by atoms with Crippen LogP contribution >= 0.6 is 0 Å². The van der Waals surface area contributed by atoms with E-state index in [4.69, 9.17) is 0 Å². The molecule has 3 unspecified atom stereocenters. The molecule has 1 nitrogen and oxygen atoms in total. The zero-order valence-corrected chi connectivity index (χ0v) is 14.4. The van der Waals surface area contributed by atoms with Crippen molar-refractivity contribution in [1.29, 1.82) is 0 Å². The first-order valence-corrected chi connectivity index (χ1v) is 9.73. The van der Waals surface area contributed by atoms with Crippen molar-refractivity contribution in [3.8, 4) is 0 Å². The molecule has 4 fully saturated rings. The number of unbranched alkanes of at least 4 members (excludes halogenated alkanes) is 5. The lowest BCUT2D eigenvalue weighted by molar-refractivity contribution is -0.154. The summed E-state index contributed by atoms with van der Waals surface area (Å²) >= 11 is 0. The van der Waals surface area contributed by atoms with Gasteiger partial charge in [0, 0.05) is 0 Å². The van der Waals surface area contributed by atoms with Gasteiger partial charge in [-0.05, 0) is 67.6 Å². The van der Waals surface area contributed by atoms with Crippen LogP contribution in [0.5, 0.6) is 0 Å². The van der Waals surface area contributed by atoms with Crippen molar-refractivity contribution >= 4 is 0 Å². The van der Waals surface area contributed by atoms with Crippen LogP contribution in [0.15, 0.2) is 0 Å². The van der Waals surface area contributed by atoms with Gasteiger partial charge in [-0.15, -0.1) is 0 Å². The molecular formula is C20H36O. The molecule has 1 N–H and O–H groups in total. The lowest BCUT2D eigenvalue weighted by Gasteiger charge is -2.62. The molecule has 0 heterocycles. The van der Waals surface area contributed by atoms with Crippen LogP contribution in [0.1, 0.15) is 97.3 Å². The second-order valence-corrected chi connectivity index (χ2v) is 9.21. The molecule has 3 atom stereocenters. The zero-order chi connectivity index (χ0) is 14.9. The van der Waals surface area contributed by atoms with Gasteiger partial charge >= 0.3 is 0 Å². The van der Waals surface area contributed by atoms with E-state index in [9.17, 15) is 5.11 Å². The Bertz CT molecular complexity index is 334. The Hall–Kier alpha value is -0.0400. The third-order valence-electron chi connectivity index (χ3n) is 6.94. The average molecular weight is 293 g/mol. The van der Waals surface area contributed by atoms with Gasteiger partial charge in [0.05, 0.1) is 6.10 Å². The van der Waals surface area contributed by atoms with Crippen molar-refractivity contribution < 1.29 is 5.11 Å². The number of hydrogen-bond acceptors (Lipinski definition) is 1. The molecule has 122 valence electrons. The molecule has 1 heteroatoms. The van der Waals surface area contributed by atoms with Gasteiger partial charge in [0.1, 0.15) is 0 Å². The van der Waals surface area contributed by atoms with E-state index >= 15 is 0 Å². The number of rotatable bonds is 8. The van der Waals surface area contributed by atoms with E-state index in [0.717, 1.165) is 18.3 Å². The number of aliphatic hydroxyl groups excluding tert-OH is 1. The molecule has 0 aromatic carbocycles. The Morgan fingerprint density at radius 3 is 2.19 bits per heavy atom. The van der Waals surface area contributed by atoms with Crippen LogP contribution in [-0.2, 0) is 0 Å². The van der Waals surface area contributed by atoms with Crippen LogP contribution in [-0.4, -0.2) is 11.2 Å². The molecule has 0 aromatic rings. The molecule has 4 rings (SSSR count). The van der Waals surface area contributed by atoms with Gasteiger partial charge in [-0.1, -0.05) is 52.4 Å². The monoisotopic (exact) mass is 292 g/mol. The minimum atomic E-state index is -0.00565. The molecule has 0 aliphatic heterocycles. The molecule has 4 aliphatic carbocycles. The second kappa shape index (κ2) is 6.22. The third-order valence-corrected chi connectivity index (χ3v) is 6.94. The van der Waals surface area contributed by atoms with Gasteiger partial charge in [-0.2, -0.15) is 0 Å². The van der Waals surface area contributed by atoms with E-state index < -0.39 is 0 Å². The summed E-state index contributed by atoms with van der Waals surface area (Å²) in [6, 6.07) is 0. The lowest BCUT2D eigenvalue weighted by Crippen LogP contribution is -2.55. The quantitative estimate of drug-likeness (QED) is 0.569. The SMILES string of the molecule is CCCCCCCCC(O)C12CC3CC(CC(C)(C3)C1)C2. The Labute approximate surface area is 131 Å². The Kier molecular flexibility index (Phi) is 4.69. The molecule has 0 radical (unpaired) electrons. The topological polar surface area (TPSA) is 20.2 Å². The number of hydrogen-bond donors (Lipinski definition) is 1. The molecule has 0 amide bonds. The average Bonchev–Trinajstić information content (AvgIpc) is 2.39. The van der Waals surface area contributed by atoms with Crippen LogP contribution in [0.4, 0.5) is 0 Å². The van der Waals surface area contributed by atoms with Crippen LogP contribution in [0.25, 0.3) is 0 Å². The summed E-state index contributed by atoms with van der Waals surface area (Å²) in [4.78, 5) is 0. The minimum absolute atomic E-state index is 0.00565. The van der Waals surface area contributed by atoms with Crippen LogP contribution in [0, 0.1) is 22.7 Å². The molecule has 4 aliphatic rings. The van der Waals surface area contributed by atoms with Gasteiger partial charge < -0.3 is 5.11 Å². The minimum Gasteiger partial charge on any atom is -0.393 e. The molecule has 0 aromatic heterocycles. The highest BCUT2D eigenvalue weighted by molar-refractivity contribution is 5.08. The predicted molar refractivity (Wildman–Crippen MR) is 89.2 cm³/mol. The maximum atomic E-state index is 10.9. The normalized spacial score (nSPS) is 42.4. The summed E-state index contributed by atoms with van der Waals surface area (Å²) in [5.74, 6) is 1.88. The van der Waals surface area contributed by atoms with Crippen molar-refractivity contribution in [1.82, 2.24) is 0 Å². The van der Waals surface area contributed by atoms with Gasteiger partial charge in [0.2, 0.25) is 0 Å². The van der Waals surface area contributed by atoms with E-state index in [1.165, 1.54) is 77.0 Å². The first-order valence-electron chi connectivity index (χ1n) is 9.73. The van der Waals surface area contributed by atoms with Crippen LogP contribution in [0.2, 0.25) is 0 Å². The van der Waals surface area contributed by atoms with E-state index in [0.29, 0.717) is 10.8 Å². The summed E-state index contributed by atoms with van der Waals surface area (Å²) in [6.07, 6.45) is 17.5. The fourth-order valence-corrected chi connectivity index (χ4v) is 6.61. The third kappa shape index (κ3) is 3.33. The lowest BCUT2D eigenvalue weighted by atomic mass is 9.43. The van der Waals surface area contributed by atoms with E-state index in [1.807, 2.05) is 0 Å². The van der Waals surface area contributed by atoms with Gasteiger partial charge in [-0.25, -0.2) is 0 Å². The Morgan fingerprint density at radius 2 is 1.57 bits per heavy atom. The van der Waals surface area contributed by atoms with Crippen molar-refractivity contribution in [2.75, 3.05) is 0 Å². The maximum Gasteiger partial charge on any atom is 0.0596 e. The first kappa shape index (κ1) is 15.8. The van der Waals surface area contributed by atoms with Crippen molar-refractivity contribution in [3.63, 3.8) is 0 Å². The van der Waals surface area contributed by atoms with Gasteiger partial charge in [0.15, 0.2) is 0 Å². The van der Waals surface area contributed by atoms with E-state index in [2.05, 4.69) is 13.8 Å². The van der Waals surface area contributed by atoms with Crippen LogP contribution < -0.4 is 0 Å². The van der Waals surface area contributed by atoms with E-state index in [1.54, 1.807) is 0 Å². The molecular weight excluding hydrogens is 256 g/mol. The first-order chi connectivity index (χ1) is 10.1. The Morgan fingerprint density at radius 1 is 0.952 bits per heavy atom. The van der Waals surface area contributed by atoms with Gasteiger partial charge in [-0.3, -0.25) is 0 Å². The highest BCUT2D eigenvalue weighted by atomic mass is 16.3. The van der Waals surface area contributed by atoms with Crippen molar-refractivity contribution in [2.45, 2.75) is 103 Å². The molecule has 21 heavy (non-hydrogen) atoms. The number of aliphatic hydroxyl groups is 1. The van der Waals surface area contributed by atoms with Crippen LogP contribution in [0.3, 0.4) is 0 Å². The highest BCUT2D eigenvalue weighted by Crippen LogP contribution is 2.66. The fraction of sp³-hybridized carbons (Fsp3) is 1.00. The van der Waals surface area contributed by atoms with E-state index in [-0.39, 0.29) is 6.10 Å². The summed E-state index contributed by atoms with van der Waals surface area (Å²) < 4.78 is 0. The highest BCUT2D eigenvalue weighted by Gasteiger charge is 2.57. The van der Waals surface area contributed by atoms with Crippen molar-refractivity contribution in [2.24, 2.45) is 22.7 Å². The smallest absolute Gasteiger partial charge is 0.0596 e. The standard InChI is InChI=1S/C20H36O/c1-3-4-5-6-7-8-9-18(21)20-13-16-10-17(14-20)12-19(2,11-16)15-20/h16-18,21H,3-15H2,1-2H3. The zero-order valence-electron chi connectivity index (χ0n) is 14.4. The fourth-order valence-electron chi connectivity index (χ4n) is 6.61. The summed E-state index contributed by atoms with van der Waals surface area (Å²) in [5.41, 5.74) is 0.897. The summed E-state index contributed by atoms with van der Waals surface area (Å²) in [5, 5.41) is 10.9. The van der Waals surface area contributed by atoms with Crippen molar-refractivity contribution in [3.05, 3.63) is 0 Å².